The first-order chi connectivity index (χ1) is 14.1. The first-order valence-electron chi connectivity index (χ1n) is 10.2. The van der Waals surface area contributed by atoms with E-state index in [1.165, 1.54) is 11.3 Å². The van der Waals surface area contributed by atoms with Gasteiger partial charge in [0.25, 0.3) is 5.56 Å². The lowest BCUT2D eigenvalue weighted by Gasteiger charge is -2.36. The standard InChI is InChI=1S/C23H26N4O2/c1-17-6-4-7-18(16-17)26-12-14-27(15-13-26)22(28)11-5-10-21-24-20-9-3-2-8-19(20)23(29)25-21/h2-4,6-9,16H,5,10-15H2,1H3,(H,24,25,29). The van der Waals surface area contributed by atoms with Crippen molar-refractivity contribution < 1.29 is 4.79 Å². The summed E-state index contributed by atoms with van der Waals surface area (Å²) in [6.45, 7) is 5.31. The first-order valence-corrected chi connectivity index (χ1v) is 10.2. The van der Waals surface area contributed by atoms with E-state index in [2.05, 4.69) is 46.1 Å². The minimum Gasteiger partial charge on any atom is -0.368 e. The molecule has 0 radical (unpaired) electrons. The van der Waals surface area contributed by atoms with Crippen LogP contribution >= 0.6 is 0 Å². The summed E-state index contributed by atoms with van der Waals surface area (Å²) in [7, 11) is 0. The zero-order chi connectivity index (χ0) is 20.2. The van der Waals surface area contributed by atoms with Gasteiger partial charge in [-0.3, -0.25) is 9.59 Å². The molecule has 6 nitrogen and oxygen atoms in total. The maximum absolute atomic E-state index is 12.6. The van der Waals surface area contributed by atoms with Crippen LogP contribution in [0.1, 0.15) is 24.2 Å². The molecule has 2 aromatic carbocycles. The number of hydrogen-bond acceptors (Lipinski definition) is 4. The fourth-order valence-electron chi connectivity index (χ4n) is 3.86. The van der Waals surface area contributed by atoms with Gasteiger partial charge in [0.15, 0.2) is 0 Å². The van der Waals surface area contributed by atoms with Crippen LogP contribution in [0.25, 0.3) is 10.9 Å². The minimum absolute atomic E-state index is 0.121. The van der Waals surface area contributed by atoms with Gasteiger partial charge in [0.1, 0.15) is 5.82 Å². The molecular formula is C23H26N4O2. The molecule has 0 atom stereocenters. The molecule has 150 valence electrons. The highest BCUT2D eigenvalue weighted by Gasteiger charge is 2.21. The third-order valence-electron chi connectivity index (χ3n) is 5.47. The lowest BCUT2D eigenvalue weighted by Crippen LogP contribution is -2.48. The van der Waals surface area contributed by atoms with Crippen LogP contribution < -0.4 is 10.5 Å². The molecule has 0 aliphatic carbocycles. The maximum Gasteiger partial charge on any atom is 0.258 e. The number of aromatic nitrogens is 2. The van der Waals surface area contributed by atoms with Crippen molar-refractivity contribution in [1.82, 2.24) is 14.9 Å². The lowest BCUT2D eigenvalue weighted by atomic mass is 10.1. The van der Waals surface area contributed by atoms with E-state index >= 15 is 0 Å². The van der Waals surface area contributed by atoms with E-state index in [-0.39, 0.29) is 11.5 Å². The number of piperazine rings is 1. The highest BCUT2D eigenvalue weighted by Crippen LogP contribution is 2.18. The number of amides is 1. The average molecular weight is 390 g/mol. The van der Waals surface area contributed by atoms with Crippen molar-refractivity contribution in [2.24, 2.45) is 0 Å². The number of nitrogens with one attached hydrogen (secondary N) is 1. The molecule has 1 saturated heterocycles. The van der Waals surface area contributed by atoms with Gasteiger partial charge in [-0.15, -0.1) is 0 Å². The van der Waals surface area contributed by atoms with E-state index in [4.69, 9.17) is 0 Å². The second-order valence-corrected chi connectivity index (χ2v) is 7.59. The first kappa shape index (κ1) is 19.2. The zero-order valence-electron chi connectivity index (χ0n) is 16.7. The molecule has 1 N–H and O–H groups in total. The van der Waals surface area contributed by atoms with Crippen LogP contribution in [-0.4, -0.2) is 47.0 Å². The molecule has 1 aliphatic heterocycles. The molecule has 3 aromatic rings. The number of aryl methyl sites for hydroxylation is 2. The number of para-hydroxylation sites is 1. The van der Waals surface area contributed by atoms with Gasteiger partial charge in [-0.2, -0.15) is 0 Å². The van der Waals surface area contributed by atoms with E-state index in [9.17, 15) is 9.59 Å². The van der Waals surface area contributed by atoms with E-state index in [1.807, 2.05) is 23.1 Å². The van der Waals surface area contributed by atoms with Crippen molar-refractivity contribution in [2.45, 2.75) is 26.2 Å². The summed E-state index contributed by atoms with van der Waals surface area (Å²) >= 11 is 0. The molecule has 0 unspecified atom stereocenters. The molecule has 1 amide bonds. The van der Waals surface area contributed by atoms with E-state index < -0.39 is 0 Å². The zero-order valence-corrected chi connectivity index (χ0v) is 16.7. The van der Waals surface area contributed by atoms with Gasteiger partial charge < -0.3 is 14.8 Å². The van der Waals surface area contributed by atoms with Crippen molar-refractivity contribution in [3.8, 4) is 0 Å². The summed E-state index contributed by atoms with van der Waals surface area (Å²) in [5.74, 6) is 0.822. The highest BCUT2D eigenvalue weighted by atomic mass is 16.2. The summed E-state index contributed by atoms with van der Waals surface area (Å²) < 4.78 is 0. The quantitative estimate of drug-likeness (QED) is 0.727. The van der Waals surface area contributed by atoms with Gasteiger partial charge in [-0.25, -0.2) is 4.98 Å². The van der Waals surface area contributed by atoms with Crippen molar-refractivity contribution in [2.75, 3.05) is 31.1 Å². The summed E-state index contributed by atoms with van der Waals surface area (Å²) in [4.78, 5) is 36.3. The molecule has 1 fully saturated rings. The number of nitrogens with zero attached hydrogens (tertiary/aromatic N) is 3. The number of carbonyl (C=O) groups excluding carboxylic acids is 1. The lowest BCUT2D eigenvalue weighted by molar-refractivity contribution is -0.131. The Morgan fingerprint density at radius 2 is 1.86 bits per heavy atom. The largest absolute Gasteiger partial charge is 0.368 e. The predicted octanol–water partition coefficient (Wildman–Crippen LogP) is 2.90. The van der Waals surface area contributed by atoms with Gasteiger partial charge in [0.05, 0.1) is 10.9 Å². The smallest absolute Gasteiger partial charge is 0.258 e. The van der Waals surface area contributed by atoms with E-state index in [1.54, 1.807) is 6.07 Å². The number of benzene rings is 2. The Balaban J connectivity index is 1.28. The van der Waals surface area contributed by atoms with Crippen molar-refractivity contribution >= 4 is 22.5 Å². The van der Waals surface area contributed by atoms with Gasteiger partial charge in [0, 0.05) is 44.7 Å². The van der Waals surface area contributed by atoms with Crippen LogP contribution in [0.4, 0.5) is 5.69 Å². The number of anilines is 1. The number of fused-ring (bicyclic) bond motifs is 1. The van der Waals surface area contributed by atoms with Crippen LogP contribution in [0.5, 0.6) is 0 Å². The Bertz CT molecular complexity index is 1070. The number of rotatable bonds is 5. The Kier molecular flexibility index (Phi) is 5.60. The van der Waals surface area contributed by atoms with Crippen molar-refractivity contribution in [3.05, 3.63) is 70.3 Å². The molecule has 0 spiro atoms. The SMILES string of the molecule is Cc1cccc(N2CCN(C(=O)CCCc3nc4ccccc4c(=O)[nH]3)CC2)c1. The monoisotopic (exact) mass is 390 g/mol. The third-order valence-corrected chi connectivity index (χ3v) is 5.47. The number of carbonyl (C=O) groups is 1. The van der Waals surface area contributed by atoms with Crippen LogP contribution in [0.3, 0.4) is 0 Å². The van der Waals surface area contributed by atoms with Crippen LogP contribution in [0, 0.1) is 6.92 Å². The van der Waals surface area contributed by atoms with E-state index in [0.717, 1.165) is 26.2 Å². The Morgan fingerprint density at radius 3 is 2.66 bits per heavy atom. The molecule has 1 aromatic heterocycles. The van der Waals surface area contributed by atoms with Gasteiger partial charge in [-0.05, 0) is 43.2 Å². The van der Waals surface area contributed by atoms with Gasteiger partial charge in [0.2, 0.25) is 5.91 Å². The van der Waals surface area contributed by atoms with Crippen LogP contribution in [0.15, 0.2) is 53.3 Å². The fourth-order valence-corrected chi connectivity index (χ4v) is 3.86. The molecule has 4 rings (SSSR count). The van der Waals surface area contributed by atoms with Crippen LogP contribution in [0.2, 0.25) is 0 Å². The summed E-state index contributed by atoms with van der Waals surface area (Å²) in [6, 6.07) is 15.8. The topological polar surface area (TPSA) is 69.3 Å². The Morgan fingerprint density at radius 1 is 1.07 bits per heavy atom. The number of aromatic amines is 1. The summed E-state index contributed by atoms with van der Waals surface area (Å²) in [5.41, 5.74) is 3.05. The van der Waals surface area contributed by atoms with Crippen molar-refractivity contribution in [1.29, 1.82) is 0 Å². The average Bonchev–Trinajstić information content (AvgIpc) is 2.74. The van der Waals surface area contributed by atoms with Gasteiger partial charge in [-0.1, -0.05) is 24.3 Å². The van der Waals surface area contributed by atoms with Gasteiger partial charge >= 0.3 is 0 Å². The van der Waals surface area contributed by atoms with E-state index in [0.29, 0.717) is 36.0 Å². The molecule has 0 saturated carbocycles. The third kappa shape index (κ3) is 4.47. The molecule has 0 bridgehead atoms. The summed E-state index contributed by atoms with van der Waals surface area (Å²) in [6.07, 6.45) is 1.74. The second-order valence-electron chi connectivity index (χ2n) is 7.59. The fraction of sp³-hybridized carbons (Fsp3) is 0.348. The number of hydrogen-bond donors (Lipinski definition) is 1. The minimum atomic E-state index is -0.121. The molecule has 1 aliphatic rings. The summed E-state index contributed by atoms with van der Waals surface area (Å²) in [5, 5.41) is 0.596. The molecule has 2 heterocycles. The Labute approximate surface area is 170 Å². The highest BCUT2D eigenvalue weighted by molar-refractivity contribution is 5.77. The molecule has 6 heteroatoms. The van der Waals surface area contributed by atoms with Crippen molar-refractivity contribution in [3.63, 3.8) is 0 Å². The number of H-pyrrole nitrogens is 1. The maximum atomic E-state index is 12.6. The van der Waals surface area contributed by atoms with Crippen LogP contribution in [-0.2, 0) is 11.2 Å². The molecular weight excluding hydrogens is 364 g/mol. The predicted molar refractivity (Wildman–Crippen MR) is 115 cm³/mol. The normalized spacial score (nSPS) is 14.4. The molecule has 29 heavy (non-hydrogen) atoms. The Hall–Kier alpha value is -3.15. The second kappa shape index (κ2) is 8.47.